The van der Waals surface area contributed by atoms with E-state index in [4.69, 9.17) is 14.2 Å². The number of phenolic OH excluding ortho intramolecular Hbond substituents is 1. The van der Waals surface area contributed by atoms with Crippen molar-refractivity contribution in [3.05, 3.63) is 52.6 Å². The van der Waals surface area contributed by atoms with Gasteiger partial charge in [0.05, 0.1) is 24.3 Å². The molecule has 0 saturated heterocycles. The number of hydrogen-bond acceptors (Lipinski definition) is 5. The van der Waals surface area contributed by atoms with Crippen molar-refractivity contribution in [1.29, 1.82) is 0 Å². The molecule has 3 rings (SSSR count). The summed E-state index contributed by atoms with van der Waals surface area (Å²) >= 11 is 0. The Bertz CT molecular complexity index is 754. The first-order valence-electron chi connectivity index (χ1n) is 7.75. The van der Waals surface area contributed by atoms with E-state index in [9.17, 15) is 9.90 Å². The number of carbonyl (C=O) groups excluding carboxylic acids is 1. The van der Waals surface area contributed by atoms with E-state index in [-0.39, 0.29) is 23.5 Å². The quantitative estimate of drug-likeness (QED) is 0.866. The molecule has 0 radical (unpaired) electrons. The first-order chi connectivity index (χ1) is 11.6. The number of benzene rings is 2. The Balaban J connectivity index is 2.20. The molecule has 1 aliphatic rings. The molecule has 0 aliphatic carbocycles. The first-order valence-corrected chi connectivity index (χ1v) is 7.75. The molecule has 1 heterocycles. The number of rotatable bonds is 4. The number of fused-ring (bicyclic) bond motifs is 1. The zero-order valence-electron chi connectivity index (χ0n) is 13.9. The van der Waals surface area contributed by atoms with Crippen LogP contribution < -0.4 is 9.47 Å². The second-order valence-corrected chi connectivity index (χ2v) is 5.76. The molecule has 24 heavy (non-hydrogen) atoms. The van der Waals surface area contributed by atoms with E-state index >= 15 is 0 Å². The van der Waals surface area contributed by atoms with Crippen LogP contribution in [0.25, 0.3) is 0 Å². The SMILES string of the molecule is COc1c(C)c(O)c(C=O)c2c1[C@H](OC)C[C@@H](c1ccccc1)O2. The molecule has 0 spiro atoms. The van der Waals surface area contributed by atoms with Gasteiger partial charge in [0.25, 0.3) is 0 Å². The zero-order valence-corrected chi connectivity index (χ0v) is 13.9. The van der Waals surface area contributed by atoms with Gasteiger partial charge in [0.1, 0.15) is 23.4 Å². The van der Waals surface area contributed by atoms with Crippen LogP contribution in [0.15, 0.2) is 30.3 Å². The highest BCUT2D eigenvalue weighted by atomic mass is 16.5. The summed E-state index contributed by atoms with van der Waals surface area (Å²) in [6.45, 7) is 1.71. The van der Waals surface area contributed by atoms with Crippen molar-refractivity contribution in [3.8, 4) is 17.2 Å². The molecule has 0 amide bonds. The molecule has 2 aromatic rings. The third-order valence-corrected chi connectivity index (χ3v) is 4.47. The van der Waals surface area contributed by atoms with Crippen molar-refractivity contribution in [2.75, 3.05) is 14.2 Å². The summed E-state index contributed by atoms with van der Waals surface area (Å²) < 4.78 is 17.2. The Morgan fingerprint density at radius 3 is 2.54 bits per heavy atom. The number of ether oxygens (including phenoxy) is 3. The van der Waals surface area contributed by atoms with Gasteiger partial charge in [0.2, 0.25) is 0 Å². The molecule has 126 valence electrons. The number of phenols is 1. The fourth-order valence-corrected chi connectivity index (χ4v) is 3.25. The number of carbonyl (C=O) groups is 1. The average molecular weight is 328 g/mol. The maximum atomic E-state index is 11.6. The van der Waals surface area contributed by atoms with Crippen molar-refractivity contribution >= 4 is 6.29 Å². The molecule has 0 bridgehead atoms. The van der Waals surface area contributed by atoms with Gasteiger partial charge in [-0.25, -0.2) is 0 Å². The molecule has 0 unspecified atom stereocenters. The Hall–Kier alpha value is -2.53. The molecule has 0 aromatic heterocycles. The molecule has 2 aromatic carbocycles. The lowest BCUT2D eigenvalue weighted by molar-refractivity contribution is 0.0274. The number of hydrogen-bond donors (Lipinski definition) is 1. The topological polar surface area (TPSA) is 65.0 Å². The van der Waals surface area contributed by atoms with Crippen LogP contribution in [0.2, 0.25) is 0 Å². The van der Waals surface area contributed by atoms with Gasteiger partial charge >= 0.3 is 0 Å². The molecular weight excluding hydrogens is 308 g/mol. The smallest absolute Gasteiger partial charge is 0.157 e. The monoisotopic (exact) mass is 328 g/mol. The Labute approximate surface area is 140 Å². The first kappa shape index (κ1) is 16.3. The van der Waals surface area contributed by atoms with Crippen molar-refractivity contribution in [2.24, 2.45) is 0 Å². The third kappa shape index (κ3) is 2.51. The van der Waals surface area contributed by atoms with Gasteiger partial charge in [-0.3, -0.25) is 4.79 Å². The predicted molar refractivity (Wildman–Crippen MR) is 89.0 cm³/mol. The maximum absolute atomic E-state index is 11.6. The summed E-state index contributed by atoms with van der Waals surface area (Å²) in [4.78, 5) is 11.6. The standard InChI is InChI=1S/C19H20O5/c1-11-17(21)13(10-20)19-16(18(11)23-3)15(22-2)9-14(24-19)12-7-5-4-6-8-12/h4-8,10,14-15,21H,9H2,1-3H3/t14-,15+/m0/s1. The molecule has 2 atom stereocenters. The summed E-state index contributed by atoms with van der Waals surface area (Å²) in [5, 5.41) is 10.3. The third-order valence-electron chi connectivity index (χ3n) is 4.47. The normalized spacial score (nSPS) is 19.3. The van der Waals surface area contributed by atoms with Crippen molar-refractivity contribution in [3.63, 3.8) is 0 Å². The number of aldehydes is 1. The summed E-state index contributed by atoms with van der Waals surface area (Å²) in [6.07, 6.45) is 0.633. The fourth-order valence-electron chi connectivity index (χ4n) is 3.25. The van der Waals surface area contributed by atoms with E-state index in [1.807, 2.05) is 30.3 Å². The summed E-state index contributed by atoms with van der Waals surface area (Å²) in [5.74, 6) is 0.701. The molecule has 0 saturated carbocycles. The maximum Gasteiger partial charge on any atom is 0.157 e. The second kappa shape index (κ2) is 6.53. The van der Waals surface area contributed by atoms with Gasteiger partial charge in [0, 0.05) is 19.1 Å². The van der Waals surface area contributed by atoms with Gasteiger partial charge in [0.15, 0.2) is 6.29 Å². The van der Waals surface area contributed by atoms with Crippen LogP contribution in [0, 0.1) is 6.92 Å². The van der Waals surface area contributed by atoms with Crippen LogP contribution in [-0.2, 0) is 4.74 Å². The van der Waals surface area contributed by atoms with Crippen LogP contribution in [0.1, 0.15) is 45.7 Å². The van der Waals surface area contributed by atoms with E-state index in [0.717, 1.165) is 5.56 Å². The van der Waals surface area contributed by atoms with Gasteiger partial charge in [-0.05, 0) is 12.5 Å². The lowest BCUT2D eigenvalue weighted by atomic mass is 9.90. The minimum atomic E-state index is -0.299. The van der Waals surface area contributed by atoms with Crippen molar-refractivity contribution in [2.45, 2.75) is 25.6 Å². The van der Waals surface area contributed by atoms with Gasteiger partial charge in [-0.15, -0.1) is 0 Å². The predicted octanol–water partition coefficient (Wildman–Crippen LogP) is 3.73. The van der Waals surface area contributed by atoms with Crippen molar-refractivity contribution < 1.29 is 24.1 Å². The van der Waals surface area contributed by atoms with Gasteiger partial charge in [-0.2, -0.15) is 0 Å². The van der Waals surface area contributed by atoms with E-state index in [1.165, 1.54) is 7.11 Å². The highest BCUT2D eigenvalue weighted by Crippen LogP contribution is 2.52. The second-order valence-electron chi connectivity index (χ2n) is 5.76. The Kier molecular flexibility index (Phi) is 4.44. The number of methoxy groups -OCH3 is 2. The van der Waals surface area contributed by atoms with Crippen LogP contribution in [0.4, 0.5) is 0 Å². The highest BCUT2D eigenvalue weighted by molar-refractivity contribution is 5.87. The summed E-state index contributed by atoms with van der Waals surface area (Å²) in [5.41, 5.74) is 2.29. The number of aromatic hydroxyl groups is 1. The molecule has 1 N–H and O–H groups in total. The van der Waals surface area contributed by atoms with Gasteiger partial charge < -0.3 is 19.3 Å². The Morgan fingerprint density at radius 2 is 1.96 bits per heavy atom. The van der Waals surface area contributed by atoms with E-state index in [0.29, 0.717) is 35.3 Å². The molecule has 0 fully saturated rings. The summed E-state index contributed by atoms with van der Waals surface area (Å²) in [7, 11) is 3.14. The lowest BCUT2D eigenvalue weighted by Crippen LogP contribution is -2.22. The van der Waals surface area contributed by atoms with Crippen LogP contribution in [0.5, 0.6) is 17.2 Å². The van der Waals surface area contributed by atoms with Crippen LogP contribution >= 0.6 is 0 Å². The minimum Gasteiger partial charge on any atom is -0.507 e. The minimum absolute atomic E-state index is 0.121. The molecule has 1 aliphatic heterocycles. The highest BCUT2D eigenvalue weighted by Gasteiger charge is 2.36. The molecule has 5 nitrogen and oxygen atoms in total. The molecular formula is C19H20O5. The Morgan fingerprint density at radius 1 is 1.25 bits per heavy atom. The van der Waals surface area contributed by atoms with Crippen LogP contribution in [0.3, 0.4) is 0 Å². The average Bonchev–Trinajstić information content (AvgIpc) is 2.63. The fraction of sp³-hybridized carbons (Fsp3) is 0.316. The lowest BCUT2D eigenvalue weighted by Gasteiger charge is -2.34. The van der Waals surface area contributed by atoms with E-state index in [1.54, 1.807) is 14.0 Å². The van der Waals surface area contributed by atoms with Crippen molar-refractivity contribution in [1.82, 2.24) is 0 Å². The van der Waals surface area contributed by atoms with Crippen LogP contribution in [-0.4, -0.2) is 25.6 Å². The zero-order chi connectivity index (χ0) is 17.3. The largest absolute Gasteiger partial charge is 0.507 e. The summed E-state index contributed by atoms with van der Waals surface area (Å²) in [6, 6.07) is 9.74. The van der Waals surface area contributed by atoms with Gasteiger partial charge in [-0.1, -0.05) is 30.3 Å². The van der Waals surface area contributed by atoms with E-state index < -0.39 is 0 Å². The molecule has 5 heteroatoms. The van der Waals surface area contributed by atoms with E-state index in [2.05, 4.69) is 0 Å².